The van der Waals surface area contributed by atoms with Crippen LogP contribution in [0.5, 0.6) is 5.75 Å². The summed E-state index contributed by atoms with van der Waals surface area (Å²) in [4.78, 5) is 57.4. The Hall–Kier alpha value is -3.67. The Bertz CT molecular complexity index is 1310. The largest absolute Gasteiger partial charge is 0.497 e. The minimum Gasteiger partial charge on any atom is -0.497 e. The molecule has 12 nitrogen and oxygen atoms in total. The number of rotatable bonds is 10. The Morgan fingerprint density at radius 2 is 1.70 bits per heavy atom. The number of piperazine rings is 1. The van der Waals surface area contributed by atoms with Crippen LogP contribution in [0.4, 0.5) is 4.79 Å². The Morgan fingerprint density at radius 1 is 1.02 bits per heavy atom. The van der Waals surface area contributed by atoms with Crippen molar-refractivity contribution in [2.45, 2.75) is 58.4 Å². The summed E-state index contributed by atoms with van der Waals surface area (Å²) in [5.74, 6) is 0.323. The third kappa shape index (κ3) is 7.11. The fourth-order valence-electron chi connectivity index (χ4n) is 6.05. The fraction of sp³-hybridized carbons (Fsp3) is 0.645. The molecular formula is C31H47N6O6+. The predicted molar refractivity (Wildman–Crippen MR) is 161 cm³/mol. The molecule has 1 aromatic carbocycles. The maximum absolute atomic E-state index is 14.0. The molecule has 1 aromatic heterocycles. The molecule has 236 valence electrons. The number of carbonyl (C=O) groups excluding carboxylic acids is 4. The number of aromatic nitrogens is 2. The molecule has 2 aliphatic rings. The van der Waals surface area contributed by atoms with Crippen molar-refractivity contribution >= 4 is 34.8 Å². The van der Waals surface area contributed by atoms with E-state index in [4.69, 9.17) is 9.47 Å². The van der Waals surface area contributed by atoms with Crippen LogP contribution in [0, 0.1) is 11.8 Å². The lowest BCUT2D eigenvalue weighted by molar-refractivity contribution is -0.647. The molecule has 0 unspecified atom stereocenters. The van der Waals surface area contributed by atoms with Crippen LogP contribution >= 0.6 is 0 Å². The minimum absolute atomic E-state index is 0.0695. The number of benzene rings is 1. The van der Waals surface area contributed by atoms with Gasteiger partial charge in [0.1, 0.15) is 11.8 Å². The zero-order valence-corrected chi connectivity index (χ0v) is 26.2. The van der Waals surface area contributed by atoms with Crippen molar-refractivity contribution in [1.82, 2.24) is 25.0 Å². The average molecular weight is 600 g/mol. The average Bonchev–Trinajstić information content (AvgIpc) is 3.34. The summed E-state index contributed by atoms with van der Waals surface area (Å²) in [6.45, 7) is 5.82. The summed E-state index contributed by atoms with van der Waals surface area (Å²) in [6, 6.07) is 4.33. The van der Waals surface area contributed by atoms with E-state index >= 15 is 0 Å². The normalized spacial score (nSPS) is 17.4. The van der Waals surface area contributed by atoms with Crippen molar-refractivity contribution in [2.24, 2.45) is 18.9 Å². The summed E-state index contributed by atoms with van der Waals surface area (Å²) >= 11 is 0. The maximum atomic E-state index is 14.0. The van der Waals surface area contributed by atoms with Crippen molar-refractivity contribution in [3.63, 3.8) is 0 Å². The first kappa shape index (κ1) is 32.2. The van der Waals surface area contributed by atoms with E-state index < -0.39 is 12.1 Å². The van der Waals surface area contributed by atoms with Crippen molar-refractivity contribution in [3.05, 3.63) is 24.0 Å². The third-order valence-electron chi connectivity index (χ3n) is 8.91. The van der Waals surface area contributed by atoms with Gasteiger partial charge in [-0.2, -0.15) is 0 Å². The van der Waals surface area contributed by atoms with Gasteiger partial charge in [0.2, 0.25) is 11.8 Å². The quantitative estimate of drug-likeness (QED) is 0.318. The number of nitrogens with zero attached hydrogens (tertiary/aromatic N) is 4. The van der Waals surface area contributed by atoms with Crippen LogP contribution < -0.4 is 19.9 Å². The predicted octanol–water partition coefficient (Wildman–Crippen LogP) is 2.07. The molecule has 2 atom stereocenters. The first-order chi connectivity index (χ1) is 20.7. The molecule has 43 heavy (non-hydrogen) atoms. The Labute approximate surface area is 253 Å². The summed E-state index contributed by atoms with van der Waals surface area (Å²) in [7, 11) is 4.87. The summed E-state index contributed by atoms with van der Waals surface area (Å²) in [5.41, 5.74) is 1.24. The van der Waals surface area contributed by atoms with Crippen LogP contribution in [-0.4, -0.2) is 97.7 Å². The molecule has 2 heterocycles. The molecule has 12 heteroatoms. The van der Waals surface area contributed by atoms with Gasteiger partial charge in [0, 0.05) is 51.8 Å². The molecule has 4 amide bonds. The lowest BCUT2D eigenvalue weighted by atomic mass is 9.83. The molecule has 0 radical (unpaired) electrons. The zero-order valence-electron chi connectivity index (χ0n) is 26.2. The van der Waals surface area contributed by atoms with Gasteiger partial charge in [0.25, 0.3) is 0 Å². The second-order valence-corrected chi connectivity index (χ2v) is 11.6. The summed E-state index contributed by atoms with van der Waals surface area (Å²) in [6.07, 6.45) is 5.84. The van der Waals surface area contributed by atoms with Gasteiger partial charge in [-0.3, -0.25) is 14.4 Å². The molecule has 0 spiro atoms. The van der Waals surface area contributed by atoms with E-state index in [9.17, 15) is 19.2 Å². The van der Waals surface area contributed by atoms with Gasteiger partial charge < -0.3 is 29.9 Å². The molecule has 1 saturated heterocycles. The molecule has 1 aliphatic heterocycles. The van der Waals surface area contributed by atoms with E-state index in [-0.39, 0.29) is 35.4 Å². The molecule has 2 fully saturated rings. The number of hydrogen-bond donors (Lipinski definition) is 2. The highest BCUT2D eigenvalue weighted by Crippen LogP contribution is 2.28. The molecule has 1 aliphatic carbocycles. The van der Waals surface area contributed by atoms with Crippen molar-refractivity contribution < 1.29 is 33.2 Å². The number of aryl methyl sites for hydroxylation is 1. The van der Waals surface area contributed by atoms with Gasteiger partial charge in [-0.1, -0.05) is 33.1 Å². The minimum atomic E-state index is -0.546. The van der Waals surface area contributed by atoms with Gasteiger partial charge in [-0.15, -0.1) is 4.57 Å². The van der Waals surface area contributed by atoms with Crippen molar-refractivity contribution in [2.75, 3.05) is 53.6 Å². The Morgan fingerprint density at radius 3 is 2.33 bits per heavy atom. The number of methoxy groups -OCH3 is 2. The van der Waals surface area contributed by atoms with Crippen LogP contribution in [0.2, 0.25) is 0 Å². The Balaban J connectivity index is 1.53. The Kier molecular flexibility index (Phi) is 11.0. The highest BCUT2D eigenvalue weighted by molar-refractivity contribution is 5.99. The molecule has 4 rings (SSSR count). The van der Waals surface area contributed by atoms with E-state index in [1.54, 1.807) is 53.8 Å². The second-order valence-electron chi connectivity index (χ2n) is 11.6. The third-order valence-corrected chi connectivity index (χ3v) is 8.91. The number of nitrogens with one attached hydrogen (secondary N) is 2. The second kappa shape index (κ2) is 14.7. The molecule has 0 bridgehead atoms. The SMILES string of the molecule is CC[C@@H](C)C(=O)N[C@H](C(=O)N1CCN(C(=O)c2n(C(=O)NCCOC)c3ccc(OC)cc3[n+]2C)CC1)C1CCCCC1. The van der Waals surface area contributed by atoms with E-state index in [0.717, 1.165) is 32.1 Å². The zero-order chi connectivity index (χ0) is 31.1. The number of hydrogen-bond acceptors (Lipinski definition) is 6. The van der Waals surface area contributed by atoms with E-state index in [1.165, 1.54) is 4.57 Å². The summed E-state index contributed by atoms with van der Waals surface area (Å²) < 4.78 is 13.6. The number of fused-ring (bicyclic) bond motifs is 1. The molecular weight excluding hydrogens is 552 g/mol. The fourth-order valence-corrected chi connectivity index (χ4v) is 6.05. The smallest absolute Gasteiger partial charge is 0.414 e. The van der Waals surface area contributed by atoms with Crippen molar-refractivity contribution in [1.29, 1.82) is 0 Å². The van der Waals surface area contributed by atoms with Gasteiger partial charge in [-0.25, -0.2) is 9.36 Å². The summed E-state index contributed by atoms with van der Waals surface area (Å²) in [5, 5.41) is 5.91. The van der Waals surface area contributed by atoms with Crippen molar-refractivity contribution in [3.8, 4) is 5.75 Å². The van der Waals surface area contributed by atoms with E-state index in [1.807, 2.05) is 13.8 Å². The number of amides is 4. The highest BCUT2D eigenvalue weighted by atomic mass is 16.5. The first-order valence-electron chi connectivity index (χ1n) is 15.5. The molecule has 1 saturated carbocycles. The number of imidazole rings is 1. The van der Waals surface area contributed by atoms with Gasteiger partial charge in [0.15, 0.2) is 11.0 Å². The van der Waals surface area contributed by atoms with Crippen LogP contribution in [0.25, 0.3) is 11.0 Å². The van der Waals surface area contributed by atoms with Gasteiger partial charge >= 0.3 is 17.8 Å². The topological polar surface area (TPSA) is 126 Å². The number of carbonyl (C=O) groups is 4. The van der Waals surface area contributed by atoms with Crippen LogP contribution in [0.3, 0.4) is 0 Å². The number of ether oxygens (including phenoxy) is 2. The monoisotopic (exact) mass is 599 g/mol. The highest BCUT2D eigenvalue weighted by Gasteiger charge is 2.40. The van der Waals surface area contributed by atoms with Gasteiger partial charge in [0.05, 0.1) is 20.8 Å². The van der Waals surface area contributed by atoms with Crippen LogP contribution in [0.1, 0.15) is 63.0 Å². The van der Waals surface area contributed by atoms with Crippen LogP contribution in [0.15, 0.2) is 18.2 Å². The van der Waals surface area contributed by atoms with E-state index in [2.05, 4.69) is 10.6 Å². The first-order valence-corrected chi connectivity index (χ1v) is 15.5. The lowest BCUT2D eigenvalue weighted by Crippen LogP contribution is -2.59. The molecule has 2 N–H and O–H groups in total. The standard InChI is InChI=1S/C31H46N6O6/c1-6-21(2)27(38)33-26(22-10-8-7-9-11-22)29(39)35-15-17-36(18-16-35)30(40)28-34(3)25-20-23(43-5)12-13-24(25)37(28)31(41)32-14-19-42-4/h12-13,20-22,26H,6-11,14-19H2,1-5H3,(H-,32,33,38,41)/p+1/t21-,26+/m1/s1. The van der Waals surface area contributed by atoms with Crippen LogP contribution in [-0.2, 0) is 21.4 Å². The van der Waals surface area contributed by atoms with Gasteiger partial charge in [-0.05, 0) is 37.3 Å². The van der Waals surface area contributed by atoms with E-state index in [0.29, 0.717) is 62.5 Å². The lowest BCUT2D eigenvalue weighted by Gasteiger charge is -2.38. The molecule has 2 aromatic rings. The maximum Gasteiger partial charge on any atom is 0.414 e.